The van der Waals surface area contributed by atoms with Crippen molar-refractivity contribution in [1.82, 2.24) is 9.97 Å². The Labute approximate surface area is 116 Å². The van der Waals surface area contributed by atoms with Gasteiger partial charge in [-0.3, -0.25) is 0 Å². The lowest BCUT2D eigenvalue weighted by Gasteiger charge is -2.04. The van der Waals surface area contributed by atoms with E-state index in [-0.39, 0.29) is 12.6 Å². The average Bonchev–Trinajstić information content (AvgIpc) is 2.85. The number of carbonyl (C=O) groups is 1. The third-order valence-corrected chi connectivity index (χ3v) is 3.05. The second kappa shape index (κ2) is 5.17. The Bertz CT molecular complexity index is 748. The number of hydrogen-bond acceptors (Lipinski definition) is 3. The first-order chi connectivity index (χ1) is 9.72. The van der Waals surface area contributed by atoms with Gasteiger partial charge in [0.2, 0.25) is 0 Å². The summed E-state index contributed by atoms with van der Waals surface area (Å²) >= 11 is 0. The first-order valence-corrected chi connectivity index (χ1v) is 6.39. The molecule has 1 N–H and O–H groups in total. The Balaban J connectivity index is 1.75. The van der Waals surface area contributed by atoms with Gasteiger partial charge in [-0.05, 0) is 24.6 Å². The van der Waals surface area contributed by atoms with Gasteiger partial charge in [0, 0.05) is 17.3 Å². The minimum Gasteiger partial charge on any atom is -0.457 e. The summed E-state index contributed by atoms with van der Waals surface area (Å²) in [5.41, 5.74) is 3.23. The Morgan fingerprint density at radius 1 is 1.25 bits per heavy atom. The number of fused-ring (bicyclic) bond motifs is 1. The molecule has 0 fully saturated rings. The highest BCUT2D eigenvalue weighted by molar-refractivity contribution is 5.93. The first-order valence-electron chi connectivity index (χ1n) is 6.39. The summed E-state index contributed by atoms with van der Waals surface area (Å²) in [5, 5.41) is 0.914. The molecule has 100 valence electrons. The number of rotatable bonds is 3. The van der Waals surface area contributed by atoms with E-state index < -0.39 is 0 Å². The van der Waals surface area contributed by atoms with E-state index in [9.17, 15) is 4.79 Å². The molecule has 1 aromatic carbocycles. The van der Waals surface area contributed by atoms with Gasteiger partial charge >= 0.3 is 5.97 Å². The number of aromatic amines is 1. The van der Waals surface area contributed by atoms with Crippen molar-refractivity contribution in [3.8, 4) is 0 Å². The smallest absolute Gasteiger partial charge is 0.340 e. The van der Waals surface area contributed by atoms with E-state index >= 15 is 0 Å². The molecule has 3 aromatic rings. The normalized spacial score (nSPS) is 10.7. The van der Waals surface area contributed by atoms with Gasteiger partial charge in [0.05, 0.1) is 5.56 Å². The molecule has 0 amide bonds. The molecule has 0 spiro atoms. The third kappa shape index (κ3) is 2.54. The molecule has 0 atom stereocenters. The molecule has 3 rings (SSSR count). The summed E-state index contributed by atoms with van der Waals surface area (Å²) in [6.45, 7) is 2.22. The first kappa shape index (κ1) is 12.4. The molecule has 4 nitrogen and oxygen atoms in total. The van der Waals surface area contributed by atoms with Crippen LogP contribution in [0.25, 0.3) is 11.0 Å². The van der Waals surface area contributed by atoms with Crippen LogP contribution in [-0.2, 0) is 11.3 Å². The second-order valence-corrected chi connectivity index (χ2v) is 4.68. The third-order valence-electron chi connectivity index (χ3n) is 3.05. The Morgan fingerprint density at radius 3 is 2.85 bits per heavy atom. The number of pyridine rings is 1. The fourth-order valence-electron chi connectivity index (χ4n) is 2.07. The molecule has 0 aliphatic heterocycles. The molecule has 0 saturated heterocycles. The zero-order valence-electron chi connectivity index (χ0n) is 11.1. The van der Waals surface area contributed by atoms with Crippen molar-refractivity contribution in [3.63, 3.8) is 0 Å². The average molecular weight is 266 g/mol. The monoisotopic (exact) mass is 266 g/mol. The SMILES string of the molecule is Cc1cc2cc(C(=O)OCc3ccccc3)cnc2[nH]1. The minimum atomic E-state index is -0.359. The minimum absolute atomic E-state index is 0.268. The largest absolute Gasteiger partial charge is 0.457 e. The number of hydrogen-bond donors (Lipinski definition) is 1. The lowest BCUT2D eigenvalue weighted by molar-refractivity contribution is 0.0472. The fraction of sp³-hybridized carbons (Fsp3) is 0.125. The van der Waals surface area contributed by atoms with Crippen LogP contribution >= 0.6 is 0 Å². The van der Waals surface area contributed by atoms with Crippen LogP contribution in [0.5, 0.6) is 0 Å². The number of ether oxygens (including phenoxy) is 1. The van der Waals surface area contributed by atoms with Gasteiger partial charge in [-0.15, -0.1) is 0 Å². The van der Waals surface area contributed by atoms with Gasteiger partial charge in [0.15, 0.2) is 0 Å². The van der Waals surface area contributed by atoms with Crippen LogP contribution in [0.15, 0.2) is 48.7 Å². The summed E-state index contributed by atoms with van der Waals surface area (Å²) in [6, 6.07) is 13.3. The molecule has 0 aliphatic rings. The van der Waals surface area contributed by atoms with Crippen molar-refractivity contribution in [2.24, 2.45) is 0 Å². The van der Waals surface area contributed by atoms with Gasteiger partial charge in [-0.1, -0.05) is 30.3 Å². The molecule has 0 bridgehead atoms. The number of nitrogens with one attached hydrogen (secondary N) is 1. The van der Waals surface area contributed by atoms with Crippen molar-refractivity contribution < 1.29 is 9.53 Å². The zero-order valence-corrected chi connectivity index (χ0v) is 11.1. The highest BCUT2D eigenvalue weighted by atomic mass is 16.5. The van der Waals surface area contributed by atoms with Gasteiger partial charge in [0.25, 0.3) is 0 Å². The van der Waals surface area contributed by atoms with Crippen LogP contribution < -0.4 is 0 Å². The van der Waals surface area contributed by atoms with Gasteiger partial charge < -0.3 is 9.72 Å². The molecular weight excluding hydrogens is 252 g/mol. The van der Waals surface area contributed by atoms with Crippen molar-refractivity contribution >= 4 is 17.0 Å². The quantitative estimate of drug-likeness (QED) is 0.740. The summed E-state index contributed by atoms with van der Waals surface area (Å²) in [7, 11) is 0. The number of H-pyrrole nitrogens is 1. The Kier molecular flexibility index (Phi) is 3.21. The predicted molar refractivity (Wildman–Crippen MR) is 76.4 cm³/mol. The van der Waals surface area contributed by atoms with E-state index in [4.69, 9.17) is 4.74 Å². The topological polar surface area (TPSA) is 55.0 Å². The molecule has 0 radical (unpaired) electrons. The van der Waals surface area contributed by atoms with Crippen LogP contribution in [0.4, 0.5) is 0 Å². The number of benzene rings is 1. The maximum absolute atomic E-state index is 12.0. The van der Waals surface area contributed by atoms with Gasteiger partial charge in [-0.25, -0.2) is 9.78 Å². The highest BCUT2D eigenvalue weighted by Crippen LogP contribution is 2.15. The van der Waals surface area contributed by atoms with Gasteiger partial charge in [0.1, 0.15) is 12.3 Å². The summed E-state index contributed by atoms with van der Waals surface area (Å²) in [5.74, 6) is -0.359. The Morgan fingerprint density at radius 2 is 2.05 bits per heavy atom. The standard InChI is InChI=1S/C16H14N2O2/c1-11-7-13-8-14(9-17-15(13)18-11)16(19)20-10-12-5-3-2-4-6-12/h2-9H,10H2,1H3,(H,17,18). The van der Waals surface area contributed by atoms with Crippen LogP contribution in [0, 0.1) is 6.92 Å². The van der Waals surface area contributed by atoms with Gasteiger partial charge in [-0.2, -0.15) is 0 Å². The molecule has 2 heterocycles. The molecule has 20 heavy (non-hydrogen) atoms. The predicted octanol–water partition coefficient (Wildman–Crippen LogP) is 3.23. The lowest BCUT2D eigenvalue weighted by Crippen LogP contribution is -2.05. The molecule has 0 aliphatic carbocycles. The van der Waals surface area contributed by atoms with E-state index in [1.807, 2.05) is 43.3 Å². The maximum atomic E-state index is 12.0. The van der Waals surface area contributed by atoms with Crippen molar-refractivity contribution in [2.45, 2.75) is 13.5 Å². The van der Waals surface area contributed by atoms with Crippen LogP contribution in [0.1, 0.15) is 21.6 Å². The molecule has 0 unspecified atom stereocenters. The number of esters is 1. The zero-order chi connectivity index (χ0) is 13.9. The summed E-state index contributed by atoms with van der Waals surface area (Å²) < 4.78 is 5.28. The molecule has 0 saturated carbocycles. The highest BCUT2D eigenvalue weighted by Gasteiger charge is 2.10. The van der Waals surface area contributed by atoms with E-state index in [0.29, 0.717) is 5.56 Å². The summed E-state index contributed by atoms with van der Waals surface area (Å²) in [4.78, 5) is 19.3. The molecular formula is C16H14N2O2. The number of nitrogens with zero attached hydrogens (tertiary/aromatic N) is 1. The van der Waals surface area contributed by atoms with Crippen LogP contribution in [0.2, 0.25) is 0 Å². The van der Waals surface area contributed by atoms with E-state index in [2.05, 4.69) is 9.97 Å². The van der Waals surface area contributed by atoms with E-state index in [0.717, 1.165) is 22.3 Å². The van der Waals surface area contributed by atoms with E-state index in [1.165, 1.54) is 6.20 Å². The van der Waals surface area contributed by atoms with Crippen LogP contribution in [-0.4, -0.2) is 15.9 Å². The lowest BCUT2D eigenvalue weighted by atomic mass is 10.2. The number of carbonyl (C=O) groups excluding carboxylic acids is 1. The number of aromatic nitrogens is 2. The second-order valence-electron chi connectivity index (χ2n) is 4.68. The van der Waals surface area contributed by atoms with Crippen molar-refractivity contribution in [1.29, 1.82) is 0 Å². The van der Waals surface area contributed by atoms with Crippen molar-refractivity contribution in [3.05, 3.63) is 65.5 Å². The molecule has 4 heteroatoms. The van der Waals surface area contributed by atoms with E-state index in [1.54, 1.807) is 6.07 Å². The maximum Gasteiger partial charge on any atom is 0.340 e. The Hall–Kier alpha value is -2.62. The summed E-state index contributed by atoms with van der Waals surface area (Å²) in [6.07, 6.45) is 1.53. The van der Waals surface area contributed by atoms with Crippen molar-refractivity contribution in [2.75, 3.05) is 0 Å². The molecule has 2 aromatic heterocycles. The number of aryl methyl sites for hydroxylation is 1. The fourth-order valence-corrected chi connectivity index (χ4v) is 2.07. The van der Waals surface area contributed by atoms with Crippen LogP contribution in [0.3, 0.4) is 0 Å².